The molecule has 17 heavy (non-hydrogen) atoms. The molecule has 0 unspecified atom stereocenters. The Bertz CT molecular complexity index is 660. The minimum Gasteiger partial charge on any atom is -0.300 e. The number of benzene rings is 2. The monoisotopic (exact) mass is 241 g/mol. The molecule has 0 atom stereocenters. The summed E-state index contributed by atoms with van der Waals surface area (Å²) >= 11 is 1.50. The van der Waals surface area contributed by atoms with Crippen LogP contribution < -0.4 is 11.3 Å². The van der Waals surface area contributed by atoms with Crippen LogP contribution in [0.2, 0.25) is 0 Å². The van der Waals surface area contributed by atoms with Gasteiger partial charge in [0.05, 0.1) is 5.69 Å². The van der Waals surface area contributed by atoms with Gasteiger partial charge in [-0.3, -0.25) is 5.43 Å². The SMILES string of the molecule is NNc1nc(-c2ccc3ccccc3c2)cs1. The van der Waals surface area contributed by atoms with E-state index in [1.54, 1.807) is 0 Å². The van der Waals surface area contributed by atoms with E-state index in [1.807, 2.05) is 17.5 Å². The van der Waals surface area contributed by atoms with Crippen molar-refractivity contribution in [3.63, 3.8) is 0 Å². The molecule has 4 heteroatoms. The summed E-state index contributed by atoms with van der Waals surface area (Å²) in [6.07, 6.45) is 0. The summed E-state index contributed by atoms with van der Waals surface area (Å²) < 4.78 is 0. The van der Waals surface area contributed by atoms with Crippen molar-refractivity contribution in [1.82, 2.24) is 4.98 Å². The fourth-order valence-corrected chi connectivity index (χ4v) is 2.45. The Hall–Kier alpha value is -1.91. The Kier molecular flexibility index (Phi) is 2.51. The molecule has 0 aliphatic rings. The minimum atomic E-state index is 0.730. The van der Waals surface area contributed by atoms with Crippen LogP contribution in [0.25, 0.3) is 22.0 Å². The Labute approximate surface area is 103 Å². The maximum absolute atomic E-state index is 5.33. The molecule has 2 aromatic carbocycles. The highest BCUT2D eigenvalue weighted by atomic mass is 32.1. The third-order valence-electron chi connectivity index (χ3n) is 2.67. The van der Waals surface area contributed by atoms with Gasteiger partial charge in [-0.05, 0) is 16.8 Å². The molecule has 1 aromatic heterocycles. The quantitative estimate of drug-likeness (QED) is 0.535. The third kappa shape index (κ3) is 1.88. The molecule has 0 saturated heterocycles. The molecule has 0 aliphatic carbocycles. The molecule has 3 nitrogen and oxygen atoms in total. The number of hydrogen-bond donors (Lipinski definition) is 2. The topological polar surface area (TPSA) is 50.9 Å². The molecule has 0 aliphatic heterocycles. The predicted molar refractivity (Wildman–Crippen MR) is 72.9 cm³/mol. The van der Waals surface area contributed by atoms with E-state index in [0.29, 0.717) is 0 Å². The normalized spacial score (nSPS) is 10.6. The van der Waals surface area contributed by atoms with Gasteiger partial charge in [0, 0.05) is 10.9 Å². The van der Waals surface area contributed by atoms with Crippen LogP contribution in [0.3, 0.4) is 0 Å². The highest BCUT2D eigenvalue weighted by Gasteiger charge is 2.04. The van der Waals surface area contributed by atoms with Gasteiger partial charge in [-0.15, -0.1) is 11.3 Å². The fraction of sp³-hybridized carbons (Fsp3) is 0. The van der Waals surface area contributed by atoms with Crippen molar-refractivity contribution in [2.24, 2.45) is 5.84 Å². The lowest BCUT2D eigenvalue weighted by atomic mass is 10.1. The van der Waals surface area contributed by atoms with Crippen LogP contribution in [0.15, 0.2) is 47.8 Å². The number of anilines is 1. The molecule has 3 aromatic rings. The summed E-state index contributed by atoms with van der Waals surface area (Å²) in [6.45, 7) is 0. The van der Waals surface area contributed by atoms with Gasteiger partial charge < -0.3 is 0 Å². The zero-order valence-corrected chi connectivity index (χ0v) is 9.87. The predicted octanol–water partition coefficient (Wildman–Crippen LogP) is 3.25. The van der Waals surface area contributed by atoms with E-state index in [1.165, 1.54) is 22.1 Å². The number of hydrogen-bond acceptors (Lipinski definition) is 4. The minimum absolute atomic E-state index is 0.730. The van der Waals surface area contributed by atoms with Gasteiger partial charge in [-0.1, -0.05) is 36.4 Å². The summed E-state index contributed by atoms with van der Waals surface area (Å²) in [5.74, 6) is 5.33. The average molecular weight is 241 g/mol. The Morgan fingerprint density at radius 1 is 1.06 bits per heavy atom. The number of nitrogen functional groups attached to an aromatic ring is 1. The maximum atomic E-state index is 5.33. The number of fused-ring (bicyclic) bond motifs is 1. The van der Waals surface area contributed by atoms with Crippen molar-refractivity contribution < 1.29 is 0 Å². The first-order chi connectivity index (χ1) is 8.36. The van der Waals surface area contributed by atoms with E-state index < -0.39 is 0 Å². The van der Waals surface area contributed by atoms with Crippen LogP contribution in [0, 0.1) is 0 Å². The second-order valence-corrected chi connectivity index (χ2v) is 4.60. The van der Waals surface area contributed by atoms with Crippen LogP contribution in [-0.4, -0.2) is 4.98 Å². The second kappa shape index (κ2) is 4.16. The van der Waals surface area contributed by atoms with Gasteiger partial charge >= 0.3 is 0 Å². The zero-order valence-electron chi connectivity index (χ0n) is 9.05. The number of nitrogens with two attached hydrogens (primary N) is 1. The summed E-state index contributed by atoms with van der Waals surface area (Å²) in [6, 6.07) is 14.6. The summed E-state index contributed by atoms with van der Waals surface area (Å²) in [5.41, 5.74) is 4.63. The third-order valence-corrected chi connectivity index (χ3v) is 3.45. The van der Waals surface area contributed by atoms with Gasteiger partial charge in [-0.2, -0.15) is 0 Å². The first kappa shape index (κ1) is 10.3. The van der Waals surface area contributed by atoms with Crippen molar-refractivity contribution in [3.05, 3.63) is 47.8 Å². The molecule has 1 heterocycles. The highest BCUT2D eigenvalue weighted by Crippen LogP contribution is 2.27. The van der Waals surface area contributed by atoms with E-state index in [9.17, 15) is 0 Å². The lowest BCUT2D eigenvalue weighted by Gasteiger charge is -2.00. The zero-order chi connectivity index (χ0) is 11.7. The van der Waals surface area contributed by atoms with E-state index in [0.717, 1.165) is 16.4 Å². The van der Waals surface area contributed by atoms with Crippen LogP contribution in [0.1, 0.15) is 0 Å². The van der Waals surface area contributed by atoms with Crippen molar-refractivity contribution in [1.29, 1.82) is 0 Å². The number of thiazole rings is 1. The smallest absolute Gasteiger partial charge is 0.197 e. The molecule has 0 radical (unpaired) electrons. The van der Waals surface area contributed by atoms with Crippen LogP contribution in [0.4, 0.5) is 5.13 Å². The van der Waals surface area contributed by atoms with Crippen molar-refractivity contribution in [2.45, 2.75) is 0 Å². The van der Waals surface area contributed by atoms with Gasteiger partial charge in [0.25, 0.3) is 0 Å². The number of hydrazine groups is 1. The lowest BCUT2D eigenvalue weighted by molar-refractivity contribution is 1.29. The number of aromatic nitrogens is 1. The van der Waals surface area contributed by atoms with Gasteiger partial charge in [0.2, 0.25) is 0 Å². The van der Waals surface area contributed by atoms with E-state index in [-0.39, 0.29) is 0 Å². The highest BCUT2D eigenvalue weighted by molar-refractivity contribution is 7.14. The van der Waals surface area contributed by atoms with E-state index in [4.69, 9.17) is 5.84 Å². The summed E-state index contributed by atoms with van der Waals surface area (Å²) in [5, 5.41) is 5.19. The lowest BCUT2D eigenvalue weighted by Crippen LogP contribution is -2.05. The van der Waals surface area contributed by atoms with Gasteiger partial charge in [0.15, 0.2) is 5.13 Å². The first-order valence-electron chi connectivity index (χ1n) is 5.28. The molecule has 0 fully saturated rings. The molecule has 3 N–H and O–H groups in total. The van der Waals surface area contributed by atoms with Crippen molar-refractivity contribution in [2.75, 3.05) is 5.43 Å². The maximum Gasteiger partial charge on any atom is 0.197 e. The summed E-state index contributed by atoms with van der Waals surface area (Å²) in [4.78, 5) is 4.39. The van der Waals surface area contributed by atoms with Gasteiger partial charge in [-0.25, -0.2) is 10.8 Å². The Morgan fingerprint density at radius 3 is 2.65 bits per heavy atom. The van der Waals surface area contributed by atoms with E-state index >= 15 is 0 Å². The average Bonchev–Trinajstić information content (AvgIpc) is 2.87. The first-order valence-corrected chi connectivity index (χ1v) is 6.16. The molecular weight excluding hydrogens is 230 g/mol. The molecule has 3 rings (SSSR count). The van der Waals surface area contributed by atoms with Crippen molar-refractivity contribution >= 4 is 27.2 Å². The Morgan fingerprint density at radius 2 is 1.88 bits per heavy atom. The largest absolute Gasteiger partial charge is 0.300 e. The second-order valence-electron chi connectivity index (χ2n) is 3.74. The molecule has 0 saturated carbocycles. The fourth-order valence-electron chi connectivity index (χ4n) is 1.82. The van der Waals surface area contributed by atoms with Gasteiger partial charge in [0.1, 0.15) is 0 Å². The molecular formula is C13H11N3S. The standard InChI is InChI=1S/C13H11N3S/c14-16-13-15-12(8-17-13)11-6-5-9-3-1-2-4-10(9)7-11/h1-8H,14H2,(H,15,16). The number of nitrogens with one attached hydrogen (secondary N) is 1. The van der Waals surface area contributed by atoms with Crippen LogP contribution in [-0.2, 0) is 0 Å². The van der Waals surface area contributed by atoms with E-state index in [2.05, 4.69) is 40.7 Å². The summed E-state index contributed by atoms with van der Waals surface area (Å²) in [7, 11) is 0. The number of nitrogens with zero attached hydrogens (tertiary/aromatic N) is 1. The molecule has 0 amide bonds. The molecule has 84 valence electrons. The van der Waals surface area contributed by atoms with Crippen LogP contribution >= 0.6 is 11.3 Å². The Balaban J connectivity index is 2.11. The van der Waals surface area contributed by atoms with Crippen molar-refractivity contribution in [3.8, 4) is 11.3 Å². The number of rotatable bonds is 2. The molecule has 0 spiro atoms. The molecule has 0 bridgehead atoms. The van der Waals surface area contributed by atoms with Crippen LogP contribution in [0.5, 0.6) is 0 Å².